The van der Waals surface area contributed by atoms with Gasteiger partial charge in [0.2, 0.25) is 0 Å². The fraction of sp³-hybridized carbons (Fsp3) is 0.625. The van der Waals surface area contributed by atoms with Crippen LogP contribution in [0.15, 0.2) is 24.3 Å². The van der Waals surface area contributed by atoms with E-state index in [9.17, 15) is 17.7 Å². The van der Waals surface area contributed by atoms with Gasteiger partial charge in [0.1, 0.15) is 0 Å². The third-order valence-electron chi connectivity index (χ3n) is 4.16. The molecule has 2 rings (SSSR count). The van der Waals surface area contributed by atoms with E-state index >= 15 is 0 Å². The van der Waals surface area contributed by atoms with E-state index in [2.05, 4.69) is 15.1 Å². The molecular weight excluding hydrogens is 344 g/mol. The van der Waals surface area contributed by atoms with Crippen molar-refractivity contribution in [2.45, 2.75) is 57.2 Å². The predicted octanol–water partition coefficient (Wildman–Crippen LogP) is 5.32. The van der Waals surface area contributed by atoms with Crippen LogP contribution in [0.3, 0.4) is 0 Å². The molecule has 1 aromatic rings. The SMILES string of the molecule is O=P(O)(OCCCc1ccccc1C1CCCCC1)OC(F)(F)F. The normalized spacial score (nSPS) is 19.2. The molecule has 1 N–H and O–H groups in total. The van der Waals surface area contributed by atoms with E-state index in [1.165, 1.54) is 24.8 Å². The van der Waals surface area contributed by atoms with Crippen molar-refractivity contribution in [2.75, 3.05) is 6.61 Å². The molecule has 1 atom stereocenters. The van der Waals surface area contributed by atoms with Gasteiger partial charge in [-0.3, -0.25) is 4.52 Å². The van der Waals surface area contributed by atoms with Crippen LogP contribution >= 0.6 is 7.82 Å². The third-order valence-corrected chi connectivity index (χ3v) is 5.11. The van der Waals surface area contributed by atoms with Gasteiger partial charge in [-0.15, -0.1) is 13.2 Å². The average Bonchev–Trinajstić information content (AvgIpc) is 2.50. The second kappa shape index (κ2) is 8.48. The summed E-state index contributed by atoms with van der Waals surface area (Å²) in [5.74, 6) is 0.522. The van der Waals surface area contributed by atoms with E-state index in [1.54, 1.807) is 0 Å². The molecule has 4 nitrogen and oxygen atoms in total. The molecule has 1 unspecified atom stereocenters. The Morgan fingerprint density at radius 3 is 2.50 bits per heavy atom. The fourth-order valence-electron chi connectivity index (χ4n) is 3.17. The van der Waals surface area contributed by atoms with Crippen LogP contribution in [0.4, 0.5) is 13.2 Å². The fourth-order valence-corrected chi connectivity index (χ4v) is 3.85. The Morgan fingerprint density at radius 1 is 1.17 bits per heavy atom. The summed E-state index contributed by atoms with van der Waals surface area (Å²) in [5, 5.41) is 0. The number of hydrogen-bond donors (Lipinski definition) is 1. The first-order chi connectivity index (χ1) is 11.3. The standard InChI is InChI=1S/C16H22F3O4P/c17-16(18,19)23-24(20,21)22-12-6-10-14-9-4-5-11-15(14)13-7-2-1-3-8-13/h4-5,9,11,13H,1-3,6-8,10,12H2,(H,20,21). The van der Waals surface area contributed by atoms with E-state index in [0.29, 0.717) is 18.8 Å². The van der Waals surface area contributed by atoms with Crippen LogP contribution in [-0.2, 0) is 20.0 Å². The van der Waals surface area contributed by atoms with Gasteiger partial charge in [-0.2, -0.15) is 4.52 Å². The van der Waals surface area contributed by atoms with Gasteiger partial charge in [0.25, 0.3) is 0 Å². The molecule has 0 saturated heterocycles. The topological polar surface area (TPSA) is 55.8 Å². The second-order valence-corrected chi connectivity index (χ2v) is 7.35. The first kappa shape index (κ1) is 19.4. The van der Waals surface area contributed by atoms with Gasteiger partial charge in [0.05, 0.1) is 6.61 Å². The maximum absolute atomic E-state index is 11.9. The highest BCUT2D eigenvalue weighted by Gasteiger charge is 2.40. The number of hydrogen-bond acceptors (Lipinski definition) is 3. The Balaban J connectivity index is 1.85. The van der Waals surface area contributed by atoms with Gasteiger partial charge in [-0.1, -0.05) is 43.5 Å². The average molecular weight is 366 g/mol. The van der Waals surface area contributed by atoms with E-state index in [4.69, 9.17) is 4.89 Å². The number of benzene rings is 1. The molecule has 1 aliphatic carbocycles. The van der Waals surface area contributed by atoms with Crippen LogP contribution < -0.4 is 0 Å². The van der Waals surface area contributed by atoms with Crippen LogP contribution in [0.2, 0.25) is 0 Å². The van der Waals surface area contributed by atoms with Crippen molar-refractivity contribution >= 4 is 7.82 Å². The molecule has 1 aromatic carbocycles. The Bertz CT molecular complexity index is 571. The van der Waals surface area contributed by atoms with Crippen molar-refractivity contribution in [3.8, 4) is 0 Å². The summed E-state index contributed by atoms with van der Waals surface area (Å²) in [6.45, 7) is -0.275. The lowest BCUT2D eigenvalue weighted by Gasteiger charge is -2.24. The van der Waals surface area contributed by atoms with Gasteiger partial charge in [-0.05, 0) is 42.7 Å². The maximum atomic E-state index is 11.9. The summed E-state index contributed by atoms with van der Waals surface area (Å²) in [4.78, 5) is 9.00. The molecule has 0 aromatic heterocycles. The summed E-state index contributed by atoms with van der Waals surface area (Å²) in [7, 11) is -5.10. The zero-order chi connectivity index (χ0) is 17.6. The monoisotopic (exact) mass is 366 g/mol. The summed E-state index contributed by atoms with van der Waals surface area (Å²) in [6, 6.07) is 8.00. The van der Waals surface area contributed by atoms with Crippen LogP contribution in [0.5, 0.6) is 0 Å². The minimum atomic E-state index is -5.20. The predicted molar refractivity (Wildman–Crippen MR) is 83.5 cm³/mol. The molecule has 1 fully saturated rings. The van der Waals surface area contributed by atoms with E-state index in [1.807, 2.05) is 18.2 Å². The zero-order valence-corrected chi connectivity index (χ0v) is 14.2. The van der Waals surface area contributed by atoms with Gasteiger partial charge >= 0.3 is 14.2 Å². The minimum absolute atomic E-state index is 0.275. The Labute approximate surface area is 139 Å². The molecule has 0 radical (unpaired) electrons. The number of alkyl halides is 3. The van der Waals surface area contributed by atoms with Crippen molar-refractivity contribution in [2.24, 2.45) is 0 Å². The van der Waals surface area contributed by atoms with Gasteiger partial charge < -0.3 is 4.89 Å². The summed E-state index contributed by atoms with van der Waals surface area (Å²) >= 11 is 0. The first-order valence-electron chi connectivity index (χ1n) is 8.09. The molecule has 0 amide bonds. The highest BCUT2D eigenvalue weighted by atomic mass is 31.2. The third kappa shape index (κ3) is 6.55. The number of halogens is 3. The molecule has 1 aliphatic rings. The molecule has 24 heavy (non-hydrogen) atoms. The molecular formula is C16H22F3O4P. The molecule has 136 valence electrons. The highest BCUT2D eigenvalue weighted by molar-refractivity contribution is 7.47. The smallest absolute Gasteiger partial charge is 0.302 e. The lowest BCUT2D eigenvalue weighted by atomic mass is 9.81. The number of phosphoric acid groups is 1. The van der Waals surface area contributed by atoms with Gasteiger partial charge in [0, 0.05) is 0 Å². The van der Waals surface area contributed by atoms with Crippen molar-refractivity contribution in [1.29, 1.82) is 0 Å². The lowest BCUT2D eigenvalue weighted by Crippen LogP contribution is -2.13. The van der Waals surface area contributed by atoms with Crippen molar-refractivity contribution in [3.63, 3.8) is 0 Å². The molecule has 0 spiro atoms. The summed E-state index contributed by atoms with van der Waals surface area (Å²) in [6.07, 6.45) is 1.72. The second-order valence-electron chi connectivity index (χ2n) is 5.98. The van der Waals surface area contributed by atoms with E-state index < -0.39 is 14.2 Å². The maximum Gasteiger partial charge on any atom is 0.531 e. The van der Waals surface area contributed by atoms with E-state index in [-0.39, 0.29) is 6.61 Å². The summed E-state index contributed by atoms with van der Waals surface area (Å²) < 4.78 is 54.5. The van der Waals surface area contributed by atoms with Crippen LogP contribution in [-0.4, -0.2) is 17.9 Å². The minimum Gasteiger partial charge on any atom is -0.302 e. The number of rotatable bonds is 7. The Morgan fingerprint density at radius 2 is 1.83 bits per heavy atom. The molecule has 8 heteroatoms. The van der Waals surface area contributed by atoms with Crippen LogP contribution in [0, 0.1) is 0 Å². The number of phosphoric ester groups is 1. The van der Waals surface area contributed by atoms with E-state index in [0.717, 1.165) is 18.4 Å². The van der Waals surface area contributed by atoms with Crippen molar-refractivity contribution in [1.82, 2.24) is 0 Å². The molecule has 0 aliphatic heterocycles. The van der Waals surface area contributed by atoms with Gasteiger partial charge in [0.15, 0.2) is 0 Å². The Kier molecular flexibility index (Phi) is 6.87. The quantitative estimate of drug-likeness (QED) is 0.524. The van der Waals surface area contributed by atoms with Crippen molar-refractivity contribution < 1.29 is 31.7 Å². The van der Waals surface area contributed by atoms with Crippen LogP contribution in [0.1, 0.15) is 55.6 Å². The summed E-state index contributed by atoms with van der Waals surface area (Å²) in [5.41, 5.74) is 2.40. The highest BCUT2D eigenvalue weighted by Crippen LogP contribution is 2.48. The lowest BCUT2D eigenvalue weighted by molar-refractivity contribution is -0.282. The first-order valence-corrected chi connectivity index (χ1v) is 9.59. The Hall–Kier alpha value is -0.880. The largest absolute Gasteiger partial charge is 0.531 e. The van der Waals surface area contributed by atoms with Crippen LogP contribution in [0.25, 0.3) is 0 Å². The molecule has 0 bridgehead atoms. The van der Waals surface area contributed by atoms with Gasteiger partial charge in [-0.25, -0.2) is 4.57 Å². The number of aryl methyl sites for hydroxylation is 1. The molecule has 1 saturated carbocycles. The van der Waals surface area contributed by atoms with Crippen molar-refractivity contribution in [3.05, 3.63) is 35.4 Å². The zero-order valence-electron chi connectivity index (χ0n) is 13.3. The molecule has 0 heterocycles.